The average molecular weight is 258 g/mol. The van der Waals surface area contributed by atoms with Crippen LogP contribution in [0.25, 0.3) is 10.9 Å². The quantitative estimate of drug-likeness (QED) is 0.771. The van der Waals surface area contributed by atoms with Crippen molar-refractivity contribution in [1.82, 2.24) is 10.3 Å². The fourth-order valence-corrected chi connectivity index (χ4v) is 2.05. The van der Waals surface area contributed by atoms with Gasteiger partial charge < -0.3 is 10.1 Å². The molecule has 2 aromatic rings. The van der Waals surface area contributed by atoms with Crippen LogP contribution in [0, 0.1) is 0 Å². The second-order valence-electron chi connectivity index (χ2n) is 4.66. The van der Waals surface area contributed by atoms with Gasteiger partial charge in [0.1, 0.15) is 0 Å². The molecule has 3 heteroatoms. The van der Waals surface area contributed by atoms with Gasteiger partial charge in [-0.1, -0.05) is 32.0 Å². The summed E-state index contributed by atoms with van der Waals surface area (Å²) in [6, 6.07) is 10.3. The SMILES string of the molecule is CCCNCc1cc(OCCC)nc2ccccc12. The number of fused-ring (bicyclic) bond motifs is 1. The Hall–Kier alpha value is -1.61. The van der Waals surface area contributed by atoms with Gasteiger partial charge in [-0.25, -0.2) is 4.98 Å². The third kappa shape index (κ3) is 3.67. The van der Waals surface area contributed by atoms with Crippen molar-refractivity contribution in [2.24, 2.45) is 0 Å². The molecule has 0 aliphatic rings. The summed E-state index contributed by atoms with van der Waals surface area (Å²) in [5.74, 6) is 0.730. The maximum atomic E-state index is 5.67. The lowest BCUT2D eigenvalue weighted by molar-refractivity contribution is 0.306. The molecule has 0 bridgehead atoms. The van der Waals surface area contributed by atoms with E-state index in [1.807, 2.05) is 12.1 Å². The Morgan fingerprint density at radius 1 is 1.16 bits per heavy atom. The molecule has 0 atom stereocenters. The number of hydrogen-bond donors (Lipinski definition) is 1. The molecule has 0 spiro atoms. The molecule has 1 heterocycles. The Bertz CT molecular complexity index is 525. The van der Waals surface area contributed by atoms with Crippen molar-refractivity contribution in [3.8, 4) is 5.88 Å². The number of ether oxygens (including phenoxy) is 1. The fraction of sp³-hybridized carbons (Fsp3) is 0.438. The molecule has 19 heavy (non-hydrogen) atoms. The summed E-state index contributed by atoms with van der Waals surface area (Å²) in [7, 11) is 0. The van der Waals surface area contributed by atoms with Crippen LogP contribution in [0.2, 0.25) is 0 Å². The van der Waals surface area contributed by atoms with Crippen LogP contribution in [0.5, 0.6) is 5.88 Å². The second-order valence-corrected chi connectivity index (χ2v) is 4.66. The predicted octanol–water partition coefficient (Wildman–Crippen LogP) is 3.52. The first-order valence-electron chi connectivity index (χ1n) is 7.07. The first-order chi connectivity index (χ1) is 9.35. The summed E-state index contributed by atoms with van der Waals surface area (Å²) in [6.07, 6.45) is 2.14. The van der Waals surface area contributed by atoms with Crippen molar-refractivity contribution in [1.29, 1.82) is 0 Å². The molecular weight excluding hydrogens is 236 g/mol. The maximum Gasteiger partial charge on any atom is 0.214 e. The van der Waals surface area contributed by atoms with E-state index in [0.717, 1.165) is 37.3 Å². The molecular formula is C16H22N2O. The van der Waals surface area contributed by atoms with Crippen LogP contribution in [0.3, 0.4) is 0 Å². The Labute approximate surface area is 115 Å². The molecule has 0 saturated heterocycles. The van der Waals surface area contributed by atoms with Gasteiger partial charge in [0.05, 0.1) is 12.1 Å². The van der Waals surface area contributed by atoms with Gasteiger partial charge in [-0.3, -0.25) is 0 Å². The van der Waals surface area contributed by atoms with Crippen molar-refractivity contribution in [3.05, 3.63) is 35.9 Å². The summed E-state index contributed by atoms with van der Waals surface area (Å²) in [4.78, 5) is 4.55. The van der Waals surface area contributed by atoms with Crippen molar-refractivity contribution in [3.63, 3.8) is 0 Å². The van der Waals surface area contributed by atoms with E-state index in [-0.39, 0.29) is 0 Å². The number of benzene rings is 1. The number of aromatic nitrogens is 1. The molecule has 1 aromatic heterocycles. The Morgan fingerprint density at radius 3 is 2.79 bits per heavy atom. The van der Waals surface area contributed by atoms with Gasteiger partial charge in [-0.2, -0.15) is 0 Å². The number of nitrogens with one attached hydrogen (secondary N) is 1. The van der Waals surface area contributed by atoms with E-state index in [1.54, 1.807) is 0 Å². The van der Waals surface area contributed by atoms with E-state index in [2.05, 4.69) is 42.3 Å². The maximum absolute atomic E-state index is 5.67. The first kappa shape index (κ1) is 13.8. The number of pyridine rings is 1. The van der Waals surface area contributed by atoms with Crippen LogP contribution in [0.4, 0.5) is 0 Å². The van der Waals surface area contributed by atoms with Crippen LogP contribution in [0.1, 0.15) is 32.3 Å². The van der Waals surface area contributed by atoms with Gasteiger partial charge in [0.15, 0.2) is 0 Å². The lowest BCUT2D eigenvalue weighted by atomic mass is 10.1. The van der Waals surface area contributed by atoms with E-state index in [9.17, 15) is 0 Å². The standard InChI is InChI=1S/C16H22N2O/c1-3-9-17-12-13-11-16(19-10-4-2)18-15-8-6-5-7-14(13)15/h5-8,11,17H,3-4,9-10,12H2,1-2H3. The third-order valence-electron chi connectivity index (χ3n) is 2.97. The second kappa shape index (κ2) is 7.10. The van der Waals surface area contributed by atoms with E-state index in [4.69, 9.17) is 4.74 Å². The first-order valence-corrected chi connectivity index (χ1v) is 7.07. The molecule has 0 aliphatic heterocycles. The number of nitrogens with zero attached hydrogens (tertiary/aromatic N) is 1. The number of hydrogen-bond acceptors (Lipinski definition) is 3. The van der Waals surface area contributed by atoms with Crippen LogP contribution >= 0.6 is 0 Å². The van der Waals surface area contributed by atoms with Gasteiger partial charge in [0, 0.05) is 18.0 Å². The molecule has 3 nitrogen and oxygen atoms in total. The Balaban J connectivity index is 2.28. The van der Waals surface area contributed by atoms with Gasteiger partial charge in [-0.15, -0.1) is 0 Å². The summed E-state index contributed by atoms with van der Waals surface area (Å²) >= 11 is 0. The van der Waals surface area contributed by atoms with Crippen LogP contribution in [0.15, 0.2) is 30.3 Å². The van der Waals surface area contributed by atoms with Gasteiger partial charge in [0.2, 0.25) is 5.88 Å². The van der Waals surface area contributed by atoms with E-state index < -0.39 is 0 Å². The zero-order valence-corrected chi connectivity index (χ0v) is 11.8. The molecule has 1 aromatic carbocycles. The average Bonchev–Trinajstić information content (AvgIpc) is 2.45. The summed E-state index contributed by atoms with van der Waals surface area (Å²) in [5, 5.41) is 4.65. The fourth-order valence-electron chi connectivity index (χ4n) is 2.05. The summed E-state index contributed by atoms with van der Waals surface area (Å²) in [5.41, 5.74) is 2.26. The zero-order chi connectivity index (χ0) is 13.5. The van der Waals surface area contributed by atoms with E-state index in [0.29, 0.717) is 6.61 Å². The zero-order valence-electron chi connectivity index (χ0n) is 11.8. The summed E-state index contributed by atoms with van der Waals surface area (Å²) < 4.78 is 5.67. The highest BCUT2D eigenvalue weighted by Gasteiger charge is 2.06. The minimum absolute atomic E-state index is 0.715. The molecule has 2 rings (SSSR count). The highest BCUT2D eigenvalue weighted by atomic mass is 16.5. The molecule has 0 saturated carbocycles. The van der Waals surface area contributed by atoms with Gasteiger partial charge in [0.25, 0.3) is 0 Å². The van der Waals surface area contributed by atoms with Crippen molar-refractivity contribution in [2.75, 3.05) is 13.2 Å². The highest BCUT2D eigenvalue weighted by Crippen LogP contribution is 2.22. The van der Waals surface area contributed by atoms with E-state index in [1.165, 1.54) is 10.9 Å². The monoisotopic (exact) mass is 258 g/mol. The smallest absolute Gasteiger partial charge is 0.214 e. The van der Waals surface area contributed by atoms with Crippen molar-refractivity contribution < 1.29 is 4.74 Å². The largest absolute Gasteiger partial charge is 0.478 e. The lowest BCUT2D eigenvalue weighted by Gasteiger charge is -2.11. The van der Waals surface area contributed by atoms with E-state index >= 15 is 0 Å². The minimum atomic E-state index is 0.715. The molecule has 0 unspecified atom stereocenters. The number of para-hydroxylation sites is 1. The van der Waals surface area contributed by atoms with Gasteiger partial charge in [-0.05, 0) is 31.0 Å². The number of rotatable bonds is 7. The predicted molar refractivity (Wildman–Crippen MR) is 79.5 cm³/mol. The molecule has 0 aliphatic carbocycles. The third-order valence-corrected chi connectivity index (χ3v) is 2.97. The van der Waals surface area contributed by atoms with Crippen molar-refractivity contribution >= 4 is 10.9 Å². The van der Waals surface area contributed by atoms with Crippen LogP contribution in [-0.2, 0) is 6.54 Å². The Kier molecular flexibility index (Phi) is 5.16. The van der Waals surface area contributed by atoms with Gasteiger partial charge >= 0.3 is 0 Å². The van der Waals surface area contributed by atoms with Crippen LogP contribution < -0.4 is 10.1 Å². The van der Waals surface area contributed by atoms with Crippen molar-refractivity contribution in [2.45, 2.75) is 33.2 Å². The molecule has 0 fully saturated rings. The summed E-state index contributed by atoms with van der Waals surface area (Å²) in [6.45, 7) is 6.88. The molecule has 102 valence electrons. The highest BCUT2D eigenvalue weighted by molar-refractivity contribution is 5.82. The molecule has 0 radical (unpaired) electrons. The molecule has 1 N–H and O–H groups in total. The van der Waals surface area contributed by atoms with Crippen LogP contribution in [-0.4, -0.2) is 18.1 Å². The minimum Gasteiger partial charge on any atom is -0.478 e. The topological polar surface area (TPSA) is 34.1 Å². The molecule has 0 amide bonds. The lowest BCUT2D eigenvalue weighted by Crippen LogP contribution is -2.14. The normalized spacial score (nSPS) is 10.8. The Morgan fingerprint density at radius 2 is 2.00 bits per heavy atom.